The Labute approximate surface area is 127 Å². The summed E-state index contributed by atoms with van der Waals surface area (Å²) < 4.78 is 33.4. The van der Waals surface area contributed by atoms with Crippen molar-refractivity contribution in [3.05, 3.63) is 58.1 Å². The molecule has 112 valence electrons. The van der Waals surface area contributed by atoms with E-state index >= 15 is 0 Å². The minimum Gasteiger partial charge on any atom is -0.451 e. The molecule has 0 heterocycles. The molecule has 21 heavy (non-hydrogen) atoms. The first-order valence-corrected chi connectivity index (χ1v) is 7.01. The lowest BCUT2D eigenvalue weighted by molar-refractivity contribution is 0.404. The number of nitrogens with one attached hydrogen (secondary N) is 1. The van der Waals surface area contributed by atoms with Crippen LogP contribution < -0.4 is 10.1 Å². The number of hydrogen-bond acceptors (Lipinski definition) is 2. The SMILES string of the molecule is CCNCc1cc(F)c(Oc2ccc(Cl)cc2C)c(F)c1. The van der Waals surface area contributed by atoms with E-state index < -0.39 is 17.4 Å². The fourth-order valence-electron chi connectivity index (χ4n) is 1.92. The van der Waals surface area contributed by atoms with Crippen molar-refractivity contribution in [1.82, 2.24) is 5.32 Å². The second kappa shape index (κ2) is 6.87. The van der Waals surface area contributed by atoms with Crippen LogP contribution in [0.25, 0.3) is 0 Å². The second-order valence-electron chi connectivity index (χ2n) is 4.68. The highest BCUT2D eigenvalue weighted by Gasteiger charge is 2.14. The second-order valence-corrected chi connectivity index (χ2v) is 5.12. The maximum atomic E-state index is 14.0. The molecule has 0 saturated heterocycles. The Morgan fingerprint density at radius 3 is 2.38 bits per heavy atom. The maximum absolute atomic E-state index is 14.0. The van der Waals surface area contributed by atoms with Crippen LogP contribution in [0.15, 0.2) is 30.3 Å². The standard InChI is InChI=1S/C16H16ClF2NO/c1-3-20-9-11-7-13(18)16(14(19)8-11)21-15-5-4-12(17)6-10(15)2/h4-8,20H,3,9H2,1-2H3. The molecule has 0 amide bonds. The van der Waals surface area contributed by atoms with E-state index in [1.165, 1.54) is 12.1 Å². The quantitative estimate of drug-likeness (QED) is 0.854. The van der Waals surface area contributed by atoms with Gasteiger partial charge in [-0.2, -0.15) is 0 Å². The summed E-state index contributed by atoms with van der Waals surface area (Å²) in [6.07, 6.45) is 0. The molecular weight excluding hydrogens is 296 g/mol. The summed E-state index contributed by atoms with van der Waals surface area (Å²) in [5.41, 5.74) is 1.24. The van der Waals surface area contributed by atoms with E-state index in [4.69, 9.17) is 16.3 Å². The third-order valence-electron chi connectivity index (χ3n) is 2.99. The van der Waals surface area contributed by atoms with Gasteiger partial charge in [-0.3, -0.25) is 0 Å². The van der Waals surface area contributed by atoms with Gasteiger partial charge >= 0.3 is 0 Å². The average molecular weight is 312 g/mol. The van der Waals surface area contributed by atoms with Gasteiger partial charge in [-0.25, -0.2) is 8.78 Å². The van der Waals surface area contributed by atoms with Gasteiger partial charge in [-0.15, -0.1) is 0 Å². The summed E-state index contributed by atoms with van der Waals surface area (Å²) in [5, 5.41) is 3.56. The van der Waals surface area contributed by atoms with Crippen LogP contribution in [-0.4, -0.2) is 6.54 Å². The first kappa shape index (κ1) is 15.7. The van der Waals surface area contributed by atoms with Gasteiger partial charge in [-0.05, 0) is 54.9 Å². The minimum atomic E-state index is -0.725. The molecule has 2 nitrogen and oxygen atoms in total. The zero-order valence-electron chi connectivity index (χ0n) is 11.8. The van der Waals surface area contributed by atoms with E-state index in [0.29, 0.717) is 28.4 Å². The largest absolute Gasteiger partial charge is 0.451 e. The van der Waals surface area contributed by atoms with Crippen molar-refractivity contribution in [3.63, 3.8) is 0 Å². The summed E-state index contributed by atoms with van der Waals surface area (Å²) in [5.74, 6) is -1.48. The smallest absolute Gasteiger partial charge is 0.198 e. The first-order chi connectivity index (χ1) is 10.0. The van der Waals surface area contributed by atoms with Crippen LogP contribution in [0.5, 0.6) is 11.5 Å². The normalized spacial score (nSPS) is 10.7. The lowest BCUT2D eigenvalue weighted by Crippen LogP contribution is -2.12. The first-order valence-electron chi connectivity index (χ1n) is 6.64. The molecule has 2 rings (SSSR count). The summed E-state index contributed by atoms with van der Waals surface area (Å²) in [7, 11) is 0. The number of aryl methyl sites for hydroxylation is 1. The highest BCUT2D eigenvalue weighted by molar-refractivity contribution is 6.30. The molecule has 0 saturated carbocycles. The van der Waals surface area contributed by atoms with Gasteiger partial charge < -0.3 is 10.1 Å². The molecular formula is C16H16ClF2NO. The lowest BCUT2D eigenvalue weighted by Gasteiger charge is -2.12. The molecule has 0 aliphatic rings. The van der Waals surface area contributed by atoms with Gasteiger partial charge in [-0.1, -0.05) is 18.5 Å². The molecule has 5 heteroatoms. The van der Waals surface area contributed by atoms with E-state index in [1.807, 2.05) is 6.92 Å². The number of rotatable bonds is 5. The van der Waals surface area contributed by atoms with Crippen molar-refractivity contribution in [1.29, 1.82) is 0 Å². The third-order valence-corrected chi connectivity index (χ3v) is 3.22. The van der Waals surface area contributed by atoms with Crippen molar-refractivity contribution in [2.24, 2.45) is 0 Å². The summed E-state index contributed by atoms with van der Waals surface area (Å²) >= 11 is 5.84. The van der Waals surface area contributed by atoms with E-state index in [2.05, 4.69) is 5.32 Å². The van der Waals surface area contributed by atoms with Crippen molar-refractivity contribution in [2.75, 3.05) is 6.54 Å². The molecule has 2 aromatic carbocycles. The molecule has 0 aliphatic carbocycles. The Bertz CT molecular complexity index is 623. The number of ether oxygens (including phenoxy) is 1. The van der Waals surface area contributed by atoms with E-state index in [-0.39, 0.29) is 0 Å². The van der Waals surface area contributed by atoms with Gasteiger partial charge in [0, 0.05) is 11.6 Å². The van der Waals surface area contributed by atoms with Crippen LogP contribution in [0.1, 0.15) is 18.1 Å². The molecule has 0 unspecified atom stereocenters. The van der Waals surface area contributed by atoms with Crippen molar-refractivity contribution in [2.45, 2.75) is 20.4 Å². The Morgan fingerprint density at radius 1 is 1.14 bits per heavy atom. The highest BCUT2D eigenvalue weighted by atomic mass is 35.5. The molecule has 0 radical (unpaired) electrons. The van der Waals surface area contributed by atoms with Crippen LogP contribution in [0.2, 0.25) is 5.02 Å². The zero-order chi connectivity index (χ0) is 15.4. The monoisotopic (exact) mass is 311 g/mol. The number of halogens is 3. The van der Waals surface area contributed by atoms with E-state index in [9.17, 15) is 8.78 Å². The number of hydrogen-bond donors (Lipinski definition) is 1. The van der Waals surface area contributed by atoms with E-state index in [1.54, 1.807) is 25.1 Å². The predicted molar refractivity (Wildman–Crippen MR) is 80.0 cm³/mol. The van der Waals surface area contributed by atoms with Crippen LogP contribution in [0.4, 0.5) is 8.78 Å². The minimum absolute atomic E-state index is 0.372. The molecule has 1 N–H and O–H groups in total. The molecule has 0 atom stereocenters. The fourth-order valence-corrected chi connectivity index (χ4v) is 2.15. The van der Waals surface area contributed by atoms with Crippen molar-refractivity contribution < 1.29 is 13.5 Å². The number of benzene rings is 2. The van der Waals surface area contributed by atoms with Crippen LogP contribution in [0.3, 0.4) is 0 Å². The lowest BCUT2D eigenvalue weighted by atomic mass is 10.2. The fraction of sp³-hybridized carbons (Fsp3) is 0.250. The summed E-state index contributed by atoms with van der Waals surface area (Å²) in [4.78, 5) is 0. The Kier molecular flexibility index (Phi) is 5.15. The predicted octanol–water partition coefficient (Wildman–Crippen LogP) is 4.83. The van der Waals surface area contributed by atoms with Gasteiger partial charge in [0.05, 0.1) is 0 Å². The zero-order valence-corrected chi connectivity index (χ0v) is 12.6. The van der Waals surface area contributed by atoms with Gasteiger partial charge in [0.15, 0.2) is 17.4 Å². The van der Waals surface area contributed by atoms with Crippen LogP contribution >= 0.6 is 11.6 Å². The van der Waals surface area contributed by atoms with Gasteiger partial charge in [0.25, 0.3) is 0 Å². The van der Waals surface area contributed by atoms with Crippen molar-refractivity contribution >= 4 is 11.6 Å². The third kappa shape index (κ3) is 3.93. The molecule has 0 aliphatic heterocycles. The highest BCUT2D eigenvalue weighted by Crippen LogP contribution is 2.31. The molecule has 0 spiro atoms. The van der Waals surface area contributed by atoms with E-state index in [0.717, 1.165) is 6.54 Å². The molecule has 0 fully saturated rings. The van der Waals surface area contributed by atoms with Gasteiger partial charge in [0.2, 0.25) is 0 Å². The Hall–Kier alpha value is -1.65. The summed E-state index contributed by atoms with van der Waals surface area (Å²) in [6.45, 7) is 4.82. The van der Waals surface area contributed by atoms with Crippen LogP contribution in [-0.2, 0) is 6.54 Å². The van der Waals surface area contributed by atoms with Crippen molar-refractivity contribution in [3.8, 4) is 11.5 Å². The average Bonchev–Trinajstić information content (AvgIpc) is 2.42. The van der Waals surface area contributed by atoms with Gasteiger partial charge in [0.1, 0.15) is 5.75 Å². The molecule has 0 aromatic heterocycles. The van der Waals surface area contributed by atoms with Crippen LogP contribution in [0, 0.1) is 18.6 Å². The maximum Gasteiger partial charge on any atom is 0.198 e. The molecule has 2 aromatic rings. The Balaban J connectivity index is 2.27. The molecule has 0 bridgehead atoms. The Morgan fingerprint density at radius 2 is 1.81 bits per heavy atom. The summed E-state index contributed by atoms with van der Waals surface area (Å²) in [6, 6.07) is 7.41. The topological polar surface area (TPSA) is 21.3 Å².